The molecule has 1 aliphatic carbocycles. The fourth-order valence-electron chi connectivity index (χ4n) is 6.08. The normalized spacial score (nSPS) is 22.5. The molecule has 3 saturated heterocycles. The van der Waals surface area contributed by atoms with Gasteiger partial charge in [-0.1, -0.05) is 35.7 Å². The van der Waals surface area contributed by atoms with E-state index in [4.69, 9.17) is 32.7 Å². The van der Waals surface area contributed by atoms with Gasteiger partial charge in [-0.25, -0.2) is 14.4 Å². The predicted molar refractivity (Wildman–Crippen MR) is 158 cm³/mol. The average molecular weight is 601 g/mol. The molecule has 3 atom stereocenters. The van der Waals surface area contributed by atoms with E-state index in [1.807, 2.05) is 17.0 Å². The number of rotatable bonds is 8. The van der Waals surface area contributed by atoms with Gasteiger partial charge in [-0.15, -0.1) is 0 Å². The first kappa shape index (κ1) is 28.0. The zero-order chi connectivity index (χ0) is 28.5. The maximum atomic E-state index is 14.7. The number of hydrogen-bond donors (Lipinski definition) is 1. The highest BCUT2D eigenvalue weighted by Crippen LogP contribution is 2.45. The van der Waals surface area contributed by atoms with Crippen LogP contribution < -0.4 is 14.8 Å². The van der Waals surface area contributed by atoms with Crippen molar-refractivity contribution in [2.75, 3.05) is 45.2 Å². The fourth-order valence-corrected chi connectivity index (χ4v) is 6.39. The monoisotopic (exact) mass is 599 g/mol. The number of piperidine rings is 3. The Labute approximate surface area is 248 Å². The minimum atomic E-state index is -0.668. The Hall–Kier alpha value is -3.14. The van der Waals surface area contributed by atoms with Crippen molar-refractivity contribution in [1.82, 2.24) is 19.8 Å². The molecule has 2 bridgehead atoms. The van der Waals surface area contributed by atoms with Crippen LogP contribution in [0.2, 0.25) is 10.0 Å². The molecule has 1 unspecified atom stereocenters. The van der Waals surface area contributed by atoms with Gasteiger partial charge in [0.05, 0.1) is 28.4 Å². The number of benzene rings is 2. The molecular weight excluding hydrogens is 568 g/mol. The number of methoxy groups -OCH3 is 1. The molecule has 4 heterocycles. The lowest BCUT2D eigenvalue weighted by molar-refractivity contribution is -0.142. The van der Waals surface area contributed by atoms with Crippen LogP contribution in [0.4, 0.5) is 15.9 Å². The Bertz CT molecular complexity index is 1470. The van der Waals surface area contributed by atoms with E-state index in [-0.39, 0.29) is 39.6 Å². The van der Waals surface area contributed by atoms with Crippen molar-refractivity contribution >= 4 is 51.5 Å². The summed E-state index contributed by atoms with van der Waals surface area (Å²) in [6.07, 6.45) is 9.89. The second-order valence-electron chi connectivity index (χ2n) is 10.9. The van der Waals surface area contributed by atoms with Gasteiger partial charge < -0.3 is 19.7 Å². The van der Waals surface area contributed by atoms with Gasteiger partial charge in [0, 0.05) is 49.0 Å². The lowest BCUT2D eigenvalue weighted by Crippen LogP contribution is -2.61. The number of carbonyl (C=O) groups excluding carboxylic acids is 1. The van der Waals surface area contributed by atoms with Crippen LogP contribution >= 0.6 is 23.2 Å². The number of ether oxygens (including phenoxy) is 2. The molecule has 1 amide bonds. The van der Waals surface area contributed by atoms with Crippen LogP contribution in [0.1, 0.15) is 25.7 Å². The second kappa shape index (κ2) is 12.0. The summed E-state index contributed by atoms with van der Waals surface area (Å²) in [5, 5.41) is 3.60. The van der Waals surface area contributed by atoms with E-state index in [2.05, 4.69) is 20.2 Å². The number of amides is 1. The summed E-state index contributed by atoms with van der Waals surface area (Å²) in [5.74, 6) is 1.36. The van der Waals surface area contributed by atoms with Crippen LogP contribution in [-0.4, -0.2) is 71.6 Å². The third kappa shape index (κ3) is 5.80. The van der Waals surface area contributed by atoms with Gasteiger partial charge in [0.2, 0.25) is 5.91 Å². The third-order valence-corrected chi connectivity index (χ3v) is 9.08. The van der Waals surface area contributed by atoms with E-state index >= 15 is 0 Å². The number of anilines is 2. The number of halogens is 3. The molecular formula is C30H32Cl2FN5O3. The van der Waals surface area contributed by atoms with Crippen molar-refractivity contribution in [3.05, 3.63) is 58.6 Å². The molecule has 0 radical (unpaired) electrons. The van der Waals surface area contributed by atoms with Crippen LogP contribution in [0.3, 0.4) is 0 Å². The average Bonchev–Trinajstić information content (AvgIpc) is 3.00. The molecule has 4 aliphatic rings. The largest absolute Gasteiger partial charge is 0.493 e. The Balaban J connectivity index is 1.15. The molecule has 3 aliphatic heterocycles. The molecule has 216 valence electrons. The van der Waals surface area contributed by atoms with Crippen LogP contribution in [0, 0.1) is 17.7 Å². The highest BCUT2D eigenvalue weighted by Gasteiger charge is 2.49. The molecule has 11 heteroatoms. The van der Waals surface area contributed by atoms with Gasteiger partial charge >= 0.3 is 0 Å². The van der Waals surface area contributed by atoms with Gasteiger partial charge in [0.15, 0.2) is 17.3 Å². The fraction of sp³-hybridized carbons (Fsp3) is 0.433. The summed E-state index contributed by atoms with van der Waals surface area (Å²) in [7, 11) is 1.58. The van der Waals surface area contributed by atoms with E-state index in [0.717, 1.165) is 26.1 Å². The third-order valence-electron chi connectivity index (χ3n) is 8.30. The number of carbonyl (C=O) groups is 1. The van der Waals surface area contributed by atoms with E-state index < -0.39 is 5.82 Å². The van der Waals surface area contributed by atoms with E-state index in [9.17, 15) is 9.18 Å². The highest BCUT2D eigenvalue weighted by molar-refractivity contribution is 6.42. The molecule has 3 aromatic rings. The van der Waals surface area contributed by atoms with Crippen molar-refractivity contribution in [3.63, 3.8) is 0 Å². The van der Waals surface area contributed by atoms with Crippen LogP contribution in [-0.2, 0) is 4.79 Å². The Morgan fingerprint density at radius 1 is 1.12 bits per heavy atom. The highest BCUT2D eigenvalue weighted by atomic mass is 35.5. The Kier molecular flexibility index (Phi) is 8.19. The molecule has 0 spiro atoms. The quantitative estimate of drug-likeness (QED) is 0.248. The van der Waals surface area contributed by atoms with E-state index in [1.54, 1.807) is 19.3 Å². The van der Waals surface area contributed by atoms with Gasteiger partial charge in [-0.05, 0) is 50.6 Å². The summed E-state index contributed by atoms with van der Waals surface area (Å²) in [5.41, 5.74) is 0.745. The minimum absolute atomic E-state index is 0.0312. The van der Waals surface area contributed by atoms with E-state index in [1.165, 1.54) is 37.7 Å². The molecule has 1 N–H and O–H groups in total. The number of nitrogens with zero attached hydrogens (tertiary/aromatic N) is 4. The summed E-state index contributed by atoms with van der Waals surface area (Å²) in [4.78, 5) is 25.9. The maximum Gasteiger partial charge on any atom is 0.246 e. The lowest BCUT2D eigenvalue weighted by Gasteiger charge is -2.52. The van der Waals surface area contributed by atoms with E-state index in [0.29, 0.717) is 41.3 Å². The van der Waals surface area contributed by atoms with Crippen LogP contribution in [0.25, 0.3) is 10.9 Å². The topological polar surface area (TPSA) is 79.8 Å². The summed E-state index contributed by atoms with van der Waals surface area (Å²) in [6.45, 7) is 4.38. The number of fused-ring (bicyclic) bond motifs is 3. The molecule has 7 rings (SSSR count). The van der Waals surface area contributed by atoms with Crippen molar-refractivity contribution in [3.8, 4) is 11.5 Å². The molecule has 1 saturated carbocycles. The maximum absolute atomic E-state index is 14.7. The van der Waals surface area contributed by atoms with Gasteiger partial charge in [-0.3, -0.25) is 9.69 Å². The zero-order valence-electron chi connectivity index (χ0n) is 22.8. The van der Waals surface area contributed by atoms with Crippen molar-refractivity contribution in [2.24, 2.45) is 11.8 Å². The number of likely N-dealkylation sites (tertiary alicyclic amines) is 1. The summed E-state index contributed by atoms with van der Waals surface area (Å²) < 4.78 is 26.9. The first-order valence-electron chi connectivity index (χ1n) is 14.0. The van der Waals surface area contributed by atoms with Gasteiger partial charge in [0.25, 0.3) is 0 Å². The minimum Gasteiger partial charge on any atom is -0.493 e. The summed E-state index contributed by atoms with van der Waals surface area (Å²) in [6, 6.07) is 6.61. The molecule has 41 heavy (non-hydrogen) atoms. The Morgan fingerprint density at radius 3 is 2.66 bits per heavy atom. The SMILES string of the molecule is COc1cc2ncnc(Nc3ccc(Cl)c(Cl)c3F)c2cc1OC1[C@@H]2C[C@H]1CN(C(=O)/C=C/CN1CCCCC1)C2. The lowest BCUT2D eigenvalue weighted by atomic mass is 9.68. The van der Waals surface area contributed by atoms with Gasteiger partial charge in [0.1, 0.15) is 18.2 Å². The molecule has 1 aromatic heterocycles. The molecule has 8 nitrogen and oxygen atoms in total. The van der Waals surface area contributed by atoms with Gasteiger partial charge in [-0.2, -0.15) is 0 Å². The Morgan fingerprint density at radius 2 is 1.90 bits per heavy atom. The molecule has 2 aromatic carbocycles. The summed E-state index contributed by atoms with van der Waals surface area (Å²) >= 11 is 11.9. The van der Waals surface area contributed by atoms with Crippen LogP contribution in [0.5, 0.6) is 11.5 Å². The van der Waals surface area contributed by atoms with Crippen molar-refractivity contribution < 1.29 is 18.7 Å². The number of nitrogens with one attached hydrogen (secondary N) is 1. The molecule has 4 fully saturated rings. The zero-order valence-corrected chi connectivity index (χ0v) is 24.3. The number of hydrogen-bond acceptors (Lipinski definition) is 7. The first-order valence-corrected chi connectivity index (χ1v) is 14.7. The predicted octanol–water partition coefficient (Wildman–Crippen LogP) is 6.10. The van der Waals surface area contributed by atoms with Crippen LogP contribution in [0.15, 0.2) is 42.7 Å². The first-order chi connectivity index (χ1) is 19.9. The van der Waals surface area contributed by atoms with Crippen molar-refractivity contribution in [1.29, 1.82) is 0 Å². The second-order valence-corrected chi connectivity index (χ2v) is 11.7. The number of aromatic nitrogens is 2. The smallest absolute Gasteiger partial charge is 0.246 e. The van der Waals surface area contributed by atoms with Crippen molar-refractivity contribution in [2.45, 2.75) is 31.8 Å². The standard InChI is InChI=1S/C30H32Cl2FN5O3/c1-40-24-14-23-20(30(35-17-34-23)36-22-8-7-21(31)27(32)28(22)33)13-25(24)41-29-18-12-19(29)16-38(15-18)26(39)6-5-11-37-9-3-2-4-10-37/h5-8,13-14,17-19,29H,2-4,9-12,15-16H2,1H3,(H,34,35,36)/b6-5+/t18-,19+,29?.